The Hall–Kier alpha value is -4.71. The fourth-order valence-corrected chi connectivity index (χ4v) is 12.9. The maximum atomic E-state index is 14.0. The Morgan fingerprint density at radius 3 is 2.42 bits per heavy atom. The van der Waals surface area contributed by atoms with E-state index >= 15 is 0 Å². The Labute approximate surface area is 392 Å². The summed E-state index contributed by atoms with van der Waals surface area (Å²) < 4.78 is 58.6. The highest BCUT2D eigenvalue weighted by atomic mass is 32.2. The second kappa shape index (κ2) is 19.5. The van der Waals surface area contributed by atoms with Crippen LogP contribution in [-0.4, -0.2) is 112 Å². The number of para-hydroxylation sites is 1. The highest BCUT2D eigenvalue weighted by molar-refractivity contribution is 7.89. The molecule has 8 rings (SSSR count). The highest BCUT2D eigenvalue weighted by Gasteiger charge is 2.53. The molecule has 1 amide bonds. The van der Waals surface area contributed by atoms with Gasteiger partial charge >= 0.3 is 12.1 Å². The number of carboxylic acids is 1. The molecular formula is C50H63N3O11S2. The van der Waals surface area contributed by atoms with Crippen LogP contribution in [0.3, 0.4) is 0 Å². The number of nitrogens with zero attached hydrogens (tertiary/aromatic N) is 2. The predicted molar refractivity (Wildman–Crippen MR) is 252 cm³/mol. The number of nitrogens with one attached hydrogen (secondary N) is 1. The lowest BCUT2D eigenvalue weighted by molar-refractivity contribution is -0.181. The molecule has 3 N–H and O–H groups in total. The number of fused-ring (bicyclic) bond motifs is 2. The van der Waals surface area contributed by atoms with Crippen LogP contribution >= 0.6 is 11.3 Å². The molecule has 3 aliphatic heterocycles. The van der Waals surface area contributed by atoms with Crippen LogP contribution in [0.2, 0.25) is 0 Å². The first kappa shape index (κ1) is 47.8. The number of rotatable bonds is 17. The zero-order valence-corrected chi connectivity index (χ0v) is 40.3. The van der Waals surface area contributed by atoms with Gasteiger partial charge in [-0.05, 0) is 104 Å². The molecule has 4 heterocycles. The first-order chi connectivity index (χ1) is 31.4. The van der Waals surface area contributed by atoms with Crippen molar-refractivity contribution in [1.82, 2.24) is 9.62 Å². The number of carboxylic acid groups (broad SMARTS) is 1. The van der Waals surface area contributed by atoms with Crippen LogP contribution in [0.25, 0.3) is 10.4 Å². The van der Waals surface area contributed by atoms with Crippen LogP contribution in [0.1, 0.15) is 80.2 Å². The second-order valence-corrected chi connectivity index (χ2v) is 22.5. The number of aliphatic hydroxyl groups is 1. The molecule has 3 aromatic carbocycles. The standard InChI is InChI=1S/C50H63N3O11S2/c1-31(2)27-53(66(58,59)36-17-15-33(60-6)16-18-36)29-42(54)40(51-48(57)64-43-30-62-50(5)39(43)21-24-61-50)25-32-11-13-34(14-12-32)63-35-20-23-52(28-35)41-10-8-7-9-37(41)46-45(47(55)56)38-26-49(3,4)22-19-44(38)65-46/h7-18,31,35,39-40,42-43,54H,19-30H2,1-6H3,(H,51,57)(H,55,56)/t35-,39+,40+,42-,43+,50-/m1/s1. The molecule has 356 valence electrons. The number of hydrogen-bond donors (Lipinski definition) is 3. The maximum Gasteiger partial charge on any atom is 0.407 e. The quantitative estimate of drug-likeness (QED) is 0.0940. The van der Waals surface area contributed by atoms with Gasteiger partial charge in [-0.15, -0.1) is 11.3 Å². The van der Waals surface area contributed by atoms with E-state index in [0.29, 0.717) is 36.6 Å². The predicted octanol–water partition coefficient (Wildman–Crippen LogP) is 7.79. The molecule has 4 aliphatic rings. The molecule has 0 saturated carbocycles. The van der Waals surface area contributed by atoms with Crippen LogP contribution in [0.4, 0.5) is 10.5 Å². The average molecular weight is 946 g/mol. The van der Waals surface area contributed by atoms with Crippen LogP contribution in [0, 0.1) is 17.3 Å². The Kier molecular flexibility index (Phi) is 14.1. The van der Waals surface area contributed by atoms with Crippen molar-refractivity contribution in [3.05, 3.63) is 94.4 Å². The van der Waals surface area contributed by atoms with Gasteiger partial charge in [-0.3, -0.25) is 0 Å². The fourth-order valence-electron chi connectivity index (χ4n) is 9.90. The van der Waals surface area contributed by atoms with Crippen molar-refractivity contribution in [1.29, 1.82) is 0 Å². The summed E-state index contributed by atoms with van der Waals surface area (Å²) in [6.45, 7) is 11.9. The fraction of sp³-hybridized carbons (Fsp3) is 0.520. The third-order valence-corrected chi connectivity index (χ3v) is 16.6. The van der Waals surface area contributed by atoms with E-state index in [1.807, 2.05) is 63.2 Å². The lowest BCUT2D eigenvalue weighted by atomic mass is 9.76. The van der Waals surface area contributed by atoms with E-state index in [1.165, 1.54) is 28.4 Å². The van der Waals surface area contributed by atoms with Crippen molar-refractivity contribution in [2.24, 2.45) is 17.3 Å². The number of anilines is 1. The van der Waals surface area contributed by atoms with Gasteiger partial charge in [0.15, 0.2) is 5.79 Å². The van der Waals surface area contributed by atoms with Gasteiger partial charge in [-0.2, -0.15) is 4.31 Å². The second-order valence-electron chi connectivity index (χ2n) is 19.4. The van der Waals surface area contributed by atoms with E-state index in [0.717, 1.165) is 59.5 Å². The molecule has 1 aliphatic carbocycles. The van der Waals surface area contributed by atoms with Gasteiger partial charge in [-0.25, -0.2) is 18.0 Å². The number of carbonyl (C=O) groups is 2. The van der Waals surface area contributed by atoms with Crippen LogP contribution < -0.4 is 19.7 Å². The smallest absolute Gasteiger partial charge is 0.407 e. The van der Waals surface area contributed by atoms with Gasteiger partial charge in [0.05, 0.1) is 60.3 Å². The monoisotopic (exact) mass is 945 g/mol. The molecule has 3 saturated heterocycles. The van der Waals surface area contributed by atoms with E-state index in [2.05, 4.69) is 30.1 Å². The summed E-state index contributed by atoms with van der Waals surface area (Å²) in [5.74, 6) is -0.737. The Bertz CT molecular complexity index is 2480. The molecule has 66 heavy (non-hydrogen) atoms. The molecule has 1 aromatic heterocycles. The first-order valence-electron chi connectivity index (χ1n) is 23.0. The molecule has 0 unspecified atom stereocenters. The minimum atomic E-state index is -4.05. The summed E-state index contributed by atoms with van der Waals surface area (Å²) in [4.78, 5) is 30.7. The van der Waals surface area contributed by atoms with Gasteiger partial charge in [-0.1, -0.05) is 58.0 Å². The van der Waals surface area contributed by atoms with E-state index in [9.17, 15) is 28.2 Å². The zero-order valence-electron chi connectivity index (χ0n) is 38.7. The molecule has 0 radical (unpaired) electrons. The molecule has 3 fully saturated rings. The number of benzene rings is 3. The first-order valence-corrected chi connectivity index (χ1v) is 25.2. The van der Waals surface area contributed by atoms with Crippen molar-refractivity contribution >= 4 is 39.1 Å². The van der Waals surface area contributed by atoms with E-state index in [1.54, 1.807) is 23.5 Å². The van der Waals surface area contributed by atoms with Crippen LogP contribution in [0.5, 0.6) is 11.5 Å². The normalized spacial score (nSPS) is 23.3. The van der Waals surface area contributed by atoms with Crippen molar-refractivity contribution in [2.75, 3.05) is 51.4 Å². The summed E-state index contributed by atoms with van der Waals surface area (Å²) in [5.41, 5.74) is 4.17. The number of ether oxygens (including phenoxy) is 5. The van der Waals surface area contributed by atoms with Gasteiger partial charge < -0.3 is 44.1 Å². The molecule has 0 bridgehead atoms. The number of carbonyl (C=O) groups excluding carboxylic acids is 1. The van der Waals surface area contributed by atoms with E-state index in [4.69, 9.17) is 23.7 Å². The molecule has 6 atom stereocenters. The van der Waals surface area contributed by atoms with Crippen molar-refractivity contribution in [3.8, 4) is 21.9 Å². The largest absolute Gasteiger partial charge is 0.497 e. The Balaban J connectivity index is 0.965. The minimum Gasteiger partial charge on any atom is -0.497 e. The molecule has 4 aromatic rings. The highest BCUT2D eigenvalue weighted by Crippen LogP contribution is 2.48. The number of sulfonamides is 1. The third kappa shape index (κ3) is 10.4. The number of aliphatic hydroxyl groups excluding tert-OH is 1. The summed E-state index contributed by atoms with van der Waals surface area (Å²) in [6, 6.07) is 20.7. The number of alkyl carbamates (subject to hydrolysis) is 1. The van der Waals surface area contributed by atoms with Crippen LogP contribution in [0.15, 0.2) is 77.7 Å². The third-order valence-electron chi connectivity index (χ3n) is 13.5. The zero-order chi connectivity index (χ0) is 47.0. The molecule has 14 nitrogen and oxygen atoms in total. The number of amides is 1. The van der Waals surface area contributed by atoms with E-state index < -0.39 is 46.1 Å². The van der Waals surface area contributed by atoms with E-state index in [-0.39, 0.29) is 54.4 Å². The van der Waals surface area contributed by atoms with Crippen molar-refractivity contribution in [2.45, 2.75) is 108 Å². The van der Waals surface area contributed by atoms with Crippen molar-refractivity contribution < 1.29 is 51.9 Å². The average Bonchev–Trinajstić information content (AvgIpc) is 4.06. The number of aryl methyl sites for hydroxylation is 1. The minimum absolute atomic E-state index is 0.0549. The lowest BCUT2D eigenvalue weighted by Gasteiger charge is -2.31. The molecule has 16 heteroatoms. The number of aromatic carboxylic acids is 1. The summed E-state index contributed by atoms with van der Waals surface area (Å²) in [7, 11) is -2.55. The summed E-state index contributed by atoms with van der Waals surface area (Å²) in [5, 5.41) is 25.3. The Morgan fingerprint density at radius 1 is 0.985 bits per heavy atom. The molecular weight excluding hydrogens is 883 g/mol. The number of methoxy groups -OCH3 is 1. The SMILES string of the molecule is COc1ccc(S(=O)(=O)N(CC(C)C)C[C@@H](O)[C@H](Cc2ccc(O[C@@H]3CCN(c4ccccc4-c4sc5c(c4C(=O)O)CC(C)(C)CC5)C3)cc2)NC(=O)O[C@H]2CO[C@@]3(C)OCC[C@@H]23)cc1. The van der Waals surface area contributed by atoms with Gasteiger partial charge in [0.25, 0.3) is 0 Å². The van der Waals surface area contributed by atoms with Gasteiger partial charge in [0, 0.05) is 42.2 Å². The molecule has 0 spiro atoms. The lowest BCUT2D eigenvalue weighted by Crippen LogP contribution is -2.51. The maximum absolute atomic E-state index is 14.0. The number of hydrogen-bond acceptors (Lipinski definition) is 12. The van der Waals surface area contributed by atoms with Gasteiger partial charge in [0.2, 0.25) is 10.0 Å². The topological polar surface area (TPSA) is 173 Å². The summed E-state index contributed by atoms with van der Waals surface area (Å²) >= 11 is 1.62. The van der Waals surface area contributed by atoms with Crippen LogP contribution in [-0.2, 0) is 43.5 Å². The summed E-state index contributed by atoms with van der Waals surface area (Å²) in [6.07, 6.45) is 1.53. The van der Waals surface area contributed by atoms with Crippen molar-refractivity contribution in [3.63, 3.8) is 0 Å². The van der Waals surface area contributed by atoms with Gasteiger partial charge in [0.1, 0.15) is 23.7 Å². The Morgan fingerprint density at radius 2 is 1.71 bits per heavy atom. The number of thiophene rings is 1.